The highest BCUT2D eigenvalue weighted by atomic mass is 35.5. The summed E-state index contributed by atoms with van der Waals surface area (Å²) in [6.45, 7) is 5.67. The fourth-order valence-electron chi connectivity index (χ4n) is 2.58. The minimum Gasteiger partial charge on any atom is -0.377 e. The van der Waals surface area contributed by atoms with Crippen molar-refractivity contribution in [1.82, 2.24) is 5.32 Å². The maximum Gasteiger partial charge on any atom is 0.0668 e. The molecule has 1 unspecified atom stereocenters. The summed E-state index contributed by atoms with van der Waals surface area (Å²) in [7, 11) is 0. The van der Waals surface area contributed by atoms with Crippen LogP contribution in [0.4, 0.5) is 5.69 Å². The van der Waals surface area contributed by atoms with Crippen molar-refractivity contribution in [3.8, 4) is 0 Å². The fourth-order valence-corrected chi connectivity index (χ4v) is 2.75. The average Bonchev–Trinajstić information content (AvgIpc) is 3.22. The Hall–Kier alpha value is -0.770. The van der Waals surface area contributed by atoms with Gasteiger partial charge in [0, 0.05) is 35.9 Å². The van der Waals surface area contributed by atoms with Crippen LogP contribution >= 0.6 is 11.6 Å². The number of halogens is 1. The van der Waals surface area contributed by atoms with E-state index in [-0.39, 0.29) is 0 Å². The van der Waals surface area contributed by atoms with Crippen molar-refractivity contribution in [3.05, 3.63) is 28.8 Å². The van der Waals surface area contributed by atoms with Gasteiger partial charge >= 0.3 is 0 Å². The lowest BCUT2D eigenvalue weighted by molar-refractivity contribution is 0.0988. The van der Waals surface area contributed by atoms with Crippen LogP contribution in [0.2, 0.25) is 5.02 Å². The fraction of sp³-hybridized carbons (Fsp3) is 0.600. The monoisotopic (exact) mass is 280 g/mol. The first-order valence-electron chi connectivity index (χ1n) is 7.10. The van der Waals surface area contributed by atoms with Gasteiger partial charge in [0.2, 0.25) is 0 Å². The van der Waals surface area contributed by atoms with E-state index in [2.05, 4.69) is 29.3 Å². The zero-order chi connectivity index (χ0) is 13.2. The highest BCUT2D eigenvalue weighted by Gasteiger charge is 2.24. The van der Waals surface area contributed by atoms with Gasteiger partial charge in [0.1, 0.15) is 0 Å². The number of ether oxygens (including phenoxy) is 1. The van der Waals surface area contributed by atoms with Crippen LogP contribution in [0.15, 0.2) is 18.2 Å². The third-order valence-electron chi connectivity index (χ3n) is 3.88. The molecule has 4 heteroatoms. The molecule has 0 spiro atoms. The molecule has 104 valence electrons. The predicted octanol–water partition coefficient (Wildman–Crippen LogP) is 2.82. The summed E-state index contributed by atoms with van der Waals surface area (Å²) in [5.41, 5.74) is 2.60. The molecular formula is C15H21ClN2O. The minimum absolute atomic E-state index is 0.409. The molecule has 1 saturated heterocycles. The molecule has 0 radical (unpaired) electrons. The lowest BCUT2D eigenvalue weighted by atomic mass is 10.1. The van der Waals surface area contributed by atoms with Gasteiger partial charge in [0.05, 0.1) is 13.2 Å². The zero-order valence-corrected chi connectivity index (χ0v) is 12.1. The van der Waals surface area contributed by atoms with E-state index in [1.807, 2.05) is 6.07 Å². The molecule has 1 N–H and O–H groups in total. The standard InChI is InChI=1S/C15H21ClN2O/c1-11-10-19-7-6-18(11)15-8-13(16)3-2-12(15)9-17-14-4-5-14/h2-3,8,11,14,17H,4-7,9-10H2,1H3. The minimum atomic E-state index is 0.409. The van der Waals surface area contributed by atoms with Crippen LogP contribution in [-0.4, -0.2) is 31.8 Å². The van der Waals surface area contributed by atoms with E-state index in [4.69, 9.17) is 16.3 Å². The van der Waals surface area contributed by atoms with Crippen LogP contribution in [0, 0.1) is 0 Å². The molecule has 1 atom stereocenters. The maximum atomic E-state index is 6.18. The predicted molar refractivity (Wildman–Crippen MR) is 78.9 cm³/mol. The van der Waals surface area contributed by atoms with Crippen molar-refractivity contribution in [2.24, 2.45) is 0 Å². The van der Waals surface area contributed by atoms with Gasteiger partial charge in [-0.3, -0.25) is 0 Å². The molecule has 1 heterocycles. The van der Waals surface area contributed by atoms with E-state index in [0.717, 1.165) is 37.4 Å². The Morgan fingerprint density at radius 3 is 3.00 bits per heavy atom. The zero-order valence-electron chi connectivity index (χ0n) is 11.4. The summed E-state index contributed by atoms with van der Waals surface area (Å²) in [5, 5.41) is 4.39. The van der Waals surface area contributed by atoms with Crippen LogP contribution in [0.5, 0.6) is 0 Å². The molecule has 0 aromatic heterocycles. The Labute approximate surface area is 119 Å². The maximum absolute atomic E-state index is 6.18. The third kappa shape index (κ3) is 3.22. The van der Waals surface area contributed by atoms with Crippen LogP contribution < -0.4 is 10.2 Å². The molecule has 19 heavy (non-hydrogen) atoms. The number of anilines is 1. The second-order valence-electron chi connectivity index (χ2n) is 5.55. The number of nitrogens with zero attached hydrogens (tertiary/aromatic N) is 1. The Kier molecular flexibility index (Phi) is 3.96. The number of hydrogen-bond donors (Lipinski definition) is 1. The van der Waals surface area contributed by atoms with Crippen LogP contribution in [0.25, 0.3) is 0 Å². The Morgan fingerprint density at radius 1 is 1.42 bits per heavy atom. The average molecular weight is 281 g/mol. The largest absolute Gasteiger partial charge is 0.377 e. The van der Waals surface area contributed by atoms with Crippen molar-refractivity contribution in [3.63, 3.8) is 0 Å². The first kappa shape index (κ1) is 13.2. The molecule has 1 aromatic rings. The number of nitrogens with one attached hydrogen (secondary N) is 1. The second kappa shape index (κ2) is 5.70. The van der Waals surface area contributed by atoms with Crippen LogP contribution in [0.3, 0.4) is 0 Å². The summed E-state index contributed by atoms with van der Waals surface area (Å²) in [5.74, 6) is 0. The second-order valence-corrected chi connectivity index (χ2v) is 5.98. The van der Waals surface area contributed by atoms with E-state index in [1.54, 1.807) is 0 Å². The van der Waals surface area contributed by atoms with Crippen molar-refractivity contribution < 1.29 is 4.74 Å². The van der Waals surface area contributed by atoms with E-state index >= 15 is 0 Å². The SMILES string of the molecule is CC1COCCN1c1cc(Cl)ccc1CNC1CC1. The Balaban J connectivity index is 1.81. The molecule has 0 amide bonds. The van der Waals surface area contributed by atoms with E-state index in [1.165, 1.54) is 24.1 Å². The first-order chi connectivity index (χ1) is 9.24. The Morgan fingerprint density at radius 2 is 2.26 bits per heavy atom. The van der Waals surface area contributed by atoms with E-state index in [9.17, 15) is 0 Å². The molecule has 1 aliphatic heterocycles. The lowest BCUT2D eigenvalue weighted by Gasteiger charge is -2.36. The van der Waals surface area contributed by atoms with E-state index in [0.29, 0.717) is 6.04 Å². The molecule has 0 bridgehead atoms. The molecule has 2 fully saturated rings. The summed E-state index contributed by atoms with van der Waals surface area (Å²) >= 11 is 6.18. The summed E-state index contributed by atoms with van der Waals surface area (Å²) < 4.78 is 5.52. The molecule has 3 rings (SSSR count). The van der Waals surface area contributed by atoms with Crippen molar-refractivity contribution >= 4 is 17.3 Å². The number of hydrogen-bond acceptors (Lipinski definition) is 3. The smallest absolute Gasteiger partial charge is 0.0668 e. The van der Waals surface area contributed by atoms with Gasteiger partial charge in [-0.25, -0.2) is 0 Å². The van der Waals surface area contributed by atoms with Gasteiger partial charge in [-0.1, -0.05) is 17.7 Å². The summed E-state index contributed by atoms with van der Waals surface area (Å²) in [6.07, 6.45) is 2.63. The Bertz CT molecular complexity index is 448. The molecule has 1 aliphatic carbocycles. The molecule has 1 saturated carbocycles. The van der Waals surface area contributed by atoms with Crippen LogP contribution in [0.1, 0.15) is 25.3 Å². The normalized spacial score (nSPS) is 23.7. The first-order valence-corrected chi connectivity index (χ1v) is 7.48. The van der Waals surface area contributed by atoms with Crippen molar-refractivity contribution in [2.75, 3.05) is 24.7 Å². The third-order valence-corrected chi connectivity index (χ3v) is 4.12. The van der Waals surface area contributed by atoms with Gasteiger partial charge in [-0.2, -0.15) is 0 Å². The molecule has 2 aliphatic rings. The van der Waals surface area contributed by atoms with Gasteiger partial charge in [0.15, 0.2) is 0 Å². The van der Waals surface area contributed by atoms with Gasteiger partial charge in [0.25, 0.3) is 0 Å². The summed E-state index contributed by atoms with van der Waals surface area (Å²) in [4.78, 5) is 2.42. The number of benzene rings is 1. The van der Waals surface area contributed by atoms with E-state index < -0.39 is 0 Å². The number of rotatable bonds is 4. The molecular weight excluding hydrogens is 260 g/mol. The van der Waals surface area contributed by atoms with Gasteiger partial charge < -0.3 is 15.0 Å². The van der Waals surface area contributed by atoms with Gasteiger partial charge in [-0.05, 0) is 37.5 Å². The topological polar surface area (TPSA) is 24.5 Å². The highest BCUT2D eigenvalue weighted by Crippen LogP contribution is 2.29. The lowest BCUT2D eigenvalue weighted by Crippen LogP contribution is -2.44. The molecule has 3 nitrogen and oxygen atoms in total. The van der Waals surface area contributed by atoms with Gasteiger partial charge in [-0.15, -0.1) is 0 Å². The number of morpholine rings is 1. The molecule has 1 aromatic carbocycles. The quantitative estimate of drug-likeness (QED) is 0.918. The van der Waals surface area contributed by atoms with Crippen molar-refractivity contribution in [1.29, 1.82) is 0 Å². The van der Waals surface area contributed by atoms with Crippen molar-refractivity contribution in [2.45, 2.75) is 38.4 Å². The summed E-state index contributed by atoms with van der Waals surface area (Å²) in [6, 6.07) is 7.36. The highest BCUT2D eigenvalue weighted by molar-refractivity contribution is 6.30. The van der Waals surface area contributed by atoms with Crippen LogP contribution in [-0.2, 0) is 11.3 Å².